The Morgan fingerprint density at radius 1 is 1.32 bits per heavy atom. The van der Waals surface area contributed by atoms with E-state index in [1.165, 1.54) is 0 Å². The molecule has 0 aliphatic carbocycles. The van der Waals surface area contributed by atoms with Gasteiger partial charge in [-0.1, -0.05) is 0 Å². The fourth-order valence-electron chi connectivity index (χ4n) is 3.28. The predicted molar refractivity (Wildman–Crippen MR) is 85.8 cm³/mol. The van der Waals surface area contributed by atoms with Crippen molar-refractivity contribution in [3.63, 3.8) is 0 Å². The van der Waals surface area contributed by atoms with E-state index in [9.17, 15) is 10.1 Å². The maximum absolute atomic E-state index is 11.4. The Kier molecular flexibility index (Phi) is 4.44. The Hall–Kier alpha value is -1.86. The zero-order valence-corrected chi connectivity index (χ0v) is 12.9. The normalized spacial score (nSPS) is 18.1. The van der Waals surface area contributed by atoms with E-state index in [0.717, 1.165) is 69.2 Å². The van der Waals surface area contributed by atoms with Crippen LogP contribution in [0.4, 0.5) is 17.1 Å². The van der Waals surface area contributed by atoms with Gasteiger partial charge < -0.3 is 15.0 Å². The first kappa shape index (κ1) is 15.1. The van der Waals surface area contributed by atoms with Gasteiger partial charge in [0.2, 0.25) is 0 Å². The highest BCUT2D eigenvalue weighted by Crippen LogP contribution is 2.39. The van der Waals surface area contributed by atoms with Crippen LogP contribution >= 0.6 is 0 Å². The molecule has 1 aromatic rings. The number of hydrogen-bond acceptors (Lipinski definition) is 6. The van der Waals surface area contributed by atoms with E-state index in [1.807, 2.05) is 6.07 Å². The summed E-state index contributed by atoms with van der Waals surface area (Å²) in [7, 11) is 1.71. The lowest BCUT2D eigenvalue weighted by Crippen LogP contribution is -2.47. The lowest BCUT2D eigenvalue weighted by molar-refractivity contribution is -0.384. The number of nitro groups is 1. The van der Waals surface area contributed by atoms with Crippen LogP contribution < -0.4 is 10.2 Å². The van der Waals surface area contributed by atoms with Crippen LogP contribution in [0.15, 0.2) is 12.1 Å². The third-order valence-corrected chi connectivity index (χ3v) is 4.45. The molecule has 7 heteroatoms. The molecule has 2 heterocycles. The number of nitro benzene ring substituents is 1. The second-order valence-electron chi connectivity index (χ2n) is 5.71. The van der Waals surface area contributed by atoms with E-state index in [2.05, 4.69) is 15.1 Å². The Labute approximate surface area is 130 Å². The first-order valence-corrected chi connectivity index (χ1v) is 7.71. The van der Waals surface area contributed by atoms with Crippen molar-refractivity contribution < 1.29 is 9.66 Å². The number of anilines is 2. The van der Waals surface area contributed by atoms with Gasteiger partial charge >= 0.3 is 0 Å². The van der Waals surface area contributed by atoms with Crippen molar-refractivity contribution in [2.75, 3.05) is 63.2 Å². The highest BCUT2D eigenvalue weighted by molar-refractivity contribution is 5.78. The second kappa shape index (κ2) is 6.50. The molecule has 7 nitrogen and oxygen atoms in total. The monoisotopic (exact) mass is 306 g/mol. The molecule has 1 aromatic carbocycles. The van der Waals surface area contributed by atoms with Crippen LogP contribution in [0.3, 0.4) is 0 Å². The lowest BCUT2D eigenvalue weighted by atomic mass is 10.1. The zero-order valence-electron chi connectivity index (χ0n) is 12.9. The van der Waals surface area contributed by atoms with E-state index in [0.29, 0.717) is 0 Å². The van der Waals surface area contributed by atoms with Crippen LogP contribution in [0.5, 0.6) is 0 Å². The Morgan fingerprint density at radius 2 is 2.09 bits per heavy atom. The van der Waals surface area contributed by atoms with Gasteiger partial charge in [0, 0.05) is 63.7 Å². The standard InChI is InChI=1S/C15H22N4O3/c1-22-11-10-17-6-8-18(9-7-17)15-12-4-5-16-13(12)2-3-14(15)19(20)21/h2-3,16H,4-11H2,1H3. The molecule has 0 saturated carbocycles. The van der Waals surface area contributed by atoms with Gasteiger partial charge in [-0.3, -0.25) is 15.0 Å². The molecule has 1 fully saturated rings. The van der Waals surface area contributed by atoms with Crippen molar-refractivity contribution in [3.8, 4) is 0 Å². The van der Waals surface area contributed by atoms with E-state index in [4.69, 9.17) is 4.74 Å². The molecule has 0 amide bonds. The maximum Gasteiger partial charge on any atom is 0.292 e. The number of nitrogens with zero attached hydrogens (tertiary/aromatic N) is 3. The minimum Gasteiger partial charge on any atom is -0.384 e. The van der Waals surface area contributed by atoms with Crippen LogP contribution in [0.1, 0.15) is 5.56 Å². The summed E-state index contributed by atoms with van der Waals surface area (Å²) in [4.78, 5) is 15.7. The maximum atomic E-state index is 11.4. The third kappa shape index (κ3) is 2.86. The van der Waals surface area contributed by atoms with E-state index in [1.54, 1.807) is 13.2 Å². The topological polar surface area (TPSA) is 70.9 Å². The van der Waals surface area contributed by atoms with Crippen molar-refractivity contribution >= 4 is 17.1 Å². The van der Waals surface area contributed by atoms with Crippen molar-refractivity contribution in [2.45, 2.75) is 6.42 Å². The molecule has 0 radical (unpaired) electrons. The average Bonchev–Trinajstić information content (AvgIpc) is 3.01. The summed E-state index contributed by atoms with van der Waals surface area (Å²) in [5, 5.41) is 14.7. The number of hydrogen-bond donors (Lipinski definition) is 1. The first-order chi connectivity index (χ1) is 10.7. The van der Waals surface area contributed by atoms with Crippen molar-refractivity contribution in [1.82, 2.24) is 4.90 Å². The van der Waals surface area contributed by atoms with Crippen LogP contribution in [-0.4, -0.2) is 62.8 Å². The summed E-state index contributed by atoms with van der Waals surface area (Å²) in [6.07, 6.45) is 0.857. The molecule has 0 bridgehead atoms. The summed E-state index contributed by atoms with van der Waals surface area (Å²) in [6, 6.07) is 3.46. The summed E-state index contributed by atoms with van der Waals surface area (Å²) in [5.74, 6) is 0. The lowest BCUT2D eigenvalue weighted by Gasteiger charge is -2.36. The van der Waals surface area contributed by atoms with Crippen molar-refractivity contribution in [1.29, 1.82) is 0 Å². The number of ether oxygens (including phenoxy) is 1. The Bertz CT molecular complexity index is 556. The SMILES string of the molecule is COCCN1CCN(c2c([N+](=O)[O-])ccc3c2CCN3)CC1. The predicted octanol–water partition coefficient (Wildman–Crippen LogP) is 1.33. The van der Waals surface area contributed by atoms with Crippen LogP contribution in [0.2, 0.25) is 0 Å². The largest absolute Gasteiger partial charge is 0.384 e. The molecule has 0 aromatic heterocycles. The van der Waals surface area contributed by atoms with E-state index in [-0.39, 0.29) is 10.6 Å². The number of nitrogens with one attached hydrogen (secondary N) is 1. The third-order valence-electron chi connectivity index (χ3n) is 4.45. The number of methoxy groups -OCH3 is 1. The summed E-state index contributed by atoms with van der Waals surface area (Å²) < 4.78 is 5.11. The molecular formula is C15H22N4O3. The van der Waals surface area contributed by atoms with Crippen LogP contribution in [0.25, 0.3) is 0 Å². The Morgan fingerprint density at radius 3 is 2.77 bits per heavy atom. The summed E-state index contributed by atoms with van der Waals surface area (Å²) in [6.45, 7) is 5.97. The molecule has 1 N–H and O–H groups in total. The Balaban J connectivity index is 1.80. The molecule has 0 atom stereocenters. The quantitative estimate of drug-likeness (QED) is 0.654. The summed E-state index contributed by atoms with van der Waals surface area (Å²) >= 11 is 0. The number of benzene rings is 1. The van der Waals surface area contributed by atoms with E-state index < -0.39 is 0 Å². The molecular weight excluding hydrogens is 284 g/mol. The van der Waals surface area contributed by atoms with Crippen molar-refractivity contribution in [3.05, 3.63) is 27.8 Å². The van der Waals surface area contributed by atoms with Gasteiger partial charge in [0.1, 0.15) is 5.69 Å². The van der Waals surface area contributed by atoms with Gasteiger partial charge in [-0.15, -0.1) is 0 Å². The van der Waals surface area contributed by atoms with Gasteiger partial charge in [0.25, 0.3) is 5.69 Å². The molecule has 1 saturated heterocycles. The zero-order chi connectivity index (χ0) is 15.5. The van der Waals surface area contributed by atoms with Gasteiger partial charge in [0.15, 0.2) is 0 Å². The number of fused-ring (bicyclic) bond motifs is 1. The first-order valence-electron chi connectivity index (χ1n) is 7.71. The fraction of sp³-hybridized carbons (Fsp3) is 0.600. The van der Waals surface area contributed by atoms with Crippen LogP contribution in [-0.2, 0) is 11.2 Å². The molecule has 0 unspecified atom stereocenters. The van der Waals surface area contributed by atoms with Gasteiger partial charge in [0.05, 0.1) is 11.5 Å². The molecule has 3 rings (SSSR count). The average molecular weight is 306 g/mol. The number of piperazine rings is 1. The molecule has 2 aliphatic heterocycles. The molecule has 120 valence electrons. The number of rotatable bonds is 5. The van der Waals surface area contributed by atoms with Crippen LogP contribution in [0, 0.1) is 10.1 Å². The second-order valence-corrected chi connectivity index (χ2v) is 5.71. The van der Waals surface area contributed by atoms with E-state index >= 15 is 0 Å². The minimum absolute atomic E-state index is 0.229. The smallest absolute Gasteiger partial charge is 0.292 e. The van der Waals surface area contributed by atoms with Gasteiger partial charge in [-0.2, -0.15) is 0 Å². The highest BCUT2D eigenvalue weighted by Gasteiger charge is 2.29. The fourth-order valence-corrected chi connectivity index (χ4v) is 3.28. The minimum atomic E-state index is -0.259. The molecule has 22 heavy (non-hydrogen) atoms. The summed E-state index contributed by atoms with van der Waals surface area (Å²) in [5.41, 5.74) is 3.19. The van der Waals surface area contributed by atoms with Gasteiger partial charge in [-0.05, 0) is 12.5 Å². The highest BCUT2D eigenvalue weighted by atomic mass is 16.6. The van der Waals surface area contributed by atoms with Gasteiger partial charge in [-0.25, -0.2) is 0 Å². The molecule has 0 spiro atoms. The molecule has 2 aliphatic rings. The van der Waals surface area contributed by atoms with Crippen molar-refractivity contribution in [2.24, 2.45) is 0 Å².